The van der Waals surface area contributed by atoms with E-state index in [-0.39, 0.29) is 24.5 Å². The molecule has 2 rings (SSSR count). The minimum Gasteiger partial charge on any atom is -0.385 e. The predicted octanol–water partition coefficient (Wildman–Crippen LogP) is 3.92. The third-order valence-corrected chi connectivity index (χ3v) is 4.02. The van der Waals surface area contributed by atoms with Crippen molar-refractivity contribution in [1.82, 2.24) is 5.32 Å². The SMILES string of the molecule is CC(=O)Nc1ccc(/C(C)=N/OCC(=O)NC(C)c2ccc(Cl)cc2)cc1. The zero-order valence-corrected chi connectivity index (χ0v) is 16.2. The van der Waals surface area contributed by atoms with Gasteiger partial charge in [0.25, 0.3) is 5.91 Å². The van der Waals surface area contributed by atoms with Crippen molar-refractivity contribution in [2.75, 3.05) is 11.9 Å². The maximum Gasteiger partial charge on any atom is 0.261 e. The fraction of sp³-hybridized carbons (Fsp3) is 0.250. The summed E-state index contributed by atoms with van der Waals surface area (Å²) >= 11 is 5.86. The van der Waals surface area contributed by atoms with Crippen molar-refractivity contribution in [3.63, 3.8) is 0 Å². The average Bonchev–Trinajstić information content (AvgIpc) is 2.62. The fourth-order valence-electron chi connectivity index (χ4n) is 2.36. The largest absolute Gasteiger partial charge is 0.385 e. The first-order valence-electron chi connectivity index (χ1n) is 8.44. The molecule has 0 heterocycles. The van der Waals surface area contributed by atoms with Crippen LogP contribution in [-0.4, -0.2) is 24.1 Å². The summed E-state index contributed by atoms with van der Waals surface area (Å²) < 4.78 is 0. The molecular formula is C20H22ClN3O3. The van der Waals surface area contributed by atoms with Gasteiger partial charge in [0, 0.05) is 17.6 Å². The number of benzene rings is 2. The van der Waals surface area contributed by atoms with Gasteiger partial charge in [-0.15, -0.1) is 0 Å². The first-order valence-corrected chi connectivity index (χ1v) is 8.82. The number of hydrogen-bond donors (Lipinski definition) is 2. The molecule has 2 N–H and O–H groups in total. The van der Waals surface area contributed by atoms with Crippen LogP contribution in [0.15, 0.2) is 53.7 Å². The van der Waals surface area contributed by atoms with Gasteiger partial charge in [-0.1, -0.05) is 41.0 Å². The van der Waals surface area contributed by atoms with Crippen LogP contribution in [0.2, 0.25) is 5.02 Å². The molecule has 142 valence electrons. The topological polar surface area (TPSA) is 79.8 Å². The summed E-state index contributed by atoms with van der Waals surface area (Å²) in [7, 11) is 0. The molecule has 0 aliphatic heterocycles. The zero-order valence-electron chi connectivity index (χ0n) is 15.5. The highest BCUT2D eigenvalue weighted by molar-refractivity contribution is 6.30. The van der Waals surface area contributed by atoms with E-state index in [0.29, 0.717) is 16.4 Å². The molecule has 0 aliphatic carbocycles. The number of nitrogens with zero attached hydrogens (tertiary/aromatic N) is 1. The van der Waals surface area contributed by atoms with E-state index in [4.69, 9.17) is 16.4 Å². The second-order valence-electron chi connectivity index (χ2n) is 6.05. The van der Waals surface area contributed by atoms with Gasteiger partial charge in [0.2, 0.25) is 5.91 Å². The van der Waals surface area contributed by atoms with E-state index in [1.807, 2.05) is 31.2 Å². The number of anilines is 1. The number of hydrogen-bond acceptors (Lipinski definition) is 4. The third-order valence-electron chi connectivity index (χ3n) is 3.77. The highest BCUT2D eigenvalue weighted by Crippen LogP contribution is 2.16. The lowest BCUT2D eigenvalue weighted by atomic mass is 10.1. The van der Waals surface area contributed by atoms with Gasteiger partial charge in [0.05, 0.1) is 11.8 Å². The molecule has 0 saturated heterocycles. The van der Waals surface area contributed by atoms with Crippen molar-refractivity contribution in [2.24, 2.45) is 5.16 Å². The van der Waals surface area contributed by atoms with Gasteiger partial charge in [-0.05, 0) is 49.2 Å². The second-order valence-corrected chi connectivity index (χ2v) is 6.49. The van der Waals surface area contributed by atoms with E-state index < -0.39 is 0 Å². The molecule has 1 atom stereocenters. The molecule has 2 aromatic rings. The van der Waals surface area contributed by atoms with Crippen LogP contribution in [0.3, 0.4) is 0 Å². The van der Waals surface area contributed by atoms with Crippen LogP contribution in [0.1, 0.15) is 37.9 Å². The van der Waals surface area contributed by atoms with Crippen molar-refractivity contribution in [3.8, 4) is 0 Å². The van der Waals surface area contributed by atoms with Gasteiger partial charge >= 0.3 is 0 Å². The van der Waals surface area contributed by atoms with E-state index in [0.717, 1.165) is 11.1 Å². The standard InChI is InChI=1S/C20H22ClN3O3/c1-13(16-4-8-18(21)9-5-16)22-20(26)12-27-24-14(2)17-6-10-19(11-7-17)23-15(3)25/h4-11,13H,12H2,1-3H3,(H,22,26)(H,23,25)/b24-14+. The Balaban J connectivity index is 1.83. The van der Waals surface area contributed by atoms with Crippen LogP contribution >= 0.6 is 11.6 Å². The maximum atomic E-state index is 12.0. The molecule has 0 saturated carbocycles. The Morgan fingerprint density at radius 3 is 2.30 bits per heavy atom. The molecule has 2 amide bonds. The summed E-state index contributed by atoms with van der Waals surface area (Å²) in [6.07, 6.45) is 0. The van der Waals surface area contributed by atoms with Gasteiger partial charge in [0.1, 0.15) is 0 Å². The molecule has 0 spiro atoms. The fourth-order valence-corrected chi connectivity index (χ4v) is 2.48. The molecule has 1 unspecified atom stereocenters. The Morgan fingerprint density at radius 2 is 1.70 bits per heavy atom. The number of carbonyl (C=O) groups is 2. The second kappa shape index (κ2) is 9.73. The molecule has 0 bridgehead atoms. The quantitative estimate of drug-likeness (QED) is 0.558. The van der Waals surface area contributed by atoms with Crippen LogP contribution in [0.4, 0.5) is 5.69 Å². The first kappa shape index (κ1) is 20.5. The van der Waals surface area contributed by atoms with Crippen LogP contribution in [0.25, 0.3) is 0 Å². The number of oxime groups is 1. The summed E-state index contributed by atoms with van der Waals surface area (Å²) in [6, 6.07) is 14.3. The van der Waals surface area contributed by atoms with Gasteiger partial charge in [0.15, 0.2) is 6.61 Å². The van der Waals surface area contributed by atoms with Crippen molar-refractivity contribution >= 4 is 34.8 Å². The van der Waals surface area contributed by atoms with Crippen molar-refractivity contribution in [3.05, 3.63) is 64.7 Å². The lowest BCUT2D eigenvalue weighted by Crippen LogP contribution is -2.29. The van der Waals surface area contributed by atoms with E-state index in [9.17, 15) is 9.59 Å². The number of carbonyl (C=O) groups excluding carboxylic acids is 2. The summed E-state index contributed by atoms with van der Waals surface area (Å²) in [5.74, 6) is -0.398. The molecule has 0 radical (unpaired) electrons. The number of nitrogens with one attached hydrogen (secondary N) is 2. The minimum atomic E-state index is -0.269. The number of rotatable bonds is 7. The van der Waals surface area contributed by atoms with Crippen LogP contribution in [0, 0.1) is 0 Å². The smallest absolute Gasteiger partial charge is 0.261 e. The predicted molar refractivity (Wildman–Crippen MR) is 107 cm³/mol. The summed E-state index contributed by atoms with van der Waals surface area (Å²) in [4.78, 5) is 28.2. The number of halogens is 1. The molecule has 0 fully saturated rings. The highest BCUT2D eigenvalue weighted by Gasteiger charge is 2.10. The molecule has 0 aliphatic rings. The summed E-state index contributed by atoms with van der Waals surface area (Å²) in [5.41, 5.74) is 3.11. The molecule has 6 nitrogen and oxygen atoms in total. The minimum absolute atomic E-state index is 0.129. The Hall–Kier alpha value is -2.86. The average molecular weight is 388 g/mol. The van der Waals surface area contributed by atoms with Crippen molar-refractivity contribution < 1.29 is 14.4 Å². The van der Waals surface area contributed by atoms with Crippen LogP contribution in [0.5, 0.6) is 0 Å². The van der Waals surface area contributed by atoms with Crippen molar-refractivity contribution in [1.29, 1.82) is 0 Å². The first-order chi connectivity index (χ1) is 12.8. The highest BCUT2D eigenvalue weighted by atomic mass is 35.5. The Morgan fingerprint density at radius 1 is 1.07 bits per heavy atom. The summed E-state index contributed by atoms with van der Waals surface area (Å²) in [6.45, 7) is 4.93. The summed E-state index contributed by atoms with van der Waals surface area (Å²) in [5, 5.41) is 10.1. The Bertz CT molecular complexity index is 817. The number of amides is 2. The molecule has 27 heavy (non-hydrogen) atoms. The maximum absolute atomic E-state index is 12.0. The zero-order chi connectivity index (χ0) is 19.8. The van der Waals surface area contributed by atoms with E-state index >= 15 is 0 Å². The van der Waals surface area contributed by atoms with E-state index in [1.54, 1.807) is 31.2 Å². The lowest BCUT2D eigenvalue weighted by Gasteiger charge is -2.14. The Kier molecular flexibility index (Phi) is 7.37. The Labute approximate surface area is 163 Å². The van der Waals surface area contributed by atoms with E-state index in [1.165, 1.54) is 6.92 Å². The van der Waals surface area contributed by atoms with Gasteiger partial charge in [-0.2, -0.15) is 0 Å². The monoisotopic (exact) mass is 387 g/mol. The molecule has 7 heteroatoms. The molecule has 2 aromatic carbocycles. The van der Waals surface area contributed by atoms with Gasteiger partial charge in [-0.3, -0.25) is 9.59 Å². The van der Waals surface area contributed by atoms with Crippen LogP contribution in [-0.2, 0) is 14.4 Å². The van der Waals surface area contributed by atoms with Crippen LogP contribution < -0.4 is 10.6 Å². The van der Waals surface area contributed by atoms with Gasteiger partial charge < -0.3 is 15.5 Å². The molecule has 0 aromatic heterocycles. The normalized spacial score (nSPS) is 12.2. The van der Waals surface area contributed by atoms with Gasteiger partial charge in [-0.25, -0.2) is 0 Å². The third kappa shape index (κ3) is 6.75. The van der Waals surface area contributed by atoms with Crippen molar-refractivity contribution in [2.45, 2.75) is 26.8 Å². The molecular weight excluding hydrogens is 366 g/mol. The lowest BCUT2D eigenvalue weighted by molar-refractivity contribution is -0.126. The van der Waals surface area contributed by atoms with E-state index in [2.05, 4.69) is 15.8 Å².